The largest absolute Gasteiger partial charge is 0.479 e. The molecule has 0 saturated heterocycles. The molecule has 3 aliphatic rings. The lowest BCUT2D eigenvalue weighted by atomic mass is 9.43. The Kier molecular flexibility index (Phi) is 5.28. The Labute approximate surface area is 197 Å². The van der Waals surface area contributed by atoms with Crippen molar-refractivity contribution in [2.24, 2.45) is 22.7 Å². The Morgan fingerprint density at radius 3 is 2.68 bits per heavy atom. The second kappa shape index (κ2) is 7.73. The van der Waals surface area contributed by atoms with Crippen LogP contribution in [-0.2, 0) is 9.53 Å². The Morgan fingerprint density at radius 1 is 1.24 bits per heavy atom. The van der Waals surface area contributed by atoms with Crippen LogP contribution in [0.4, 0.5) is 0 Å². The van der Waals surface area contributed by atoms with Crippen LogP contribution in [0.3, 0.4) is 0 Å². The molecule has 0 radical (unpaired) electrons. The van der Waals surface area contributed by atoms with E-state index in [9.17, 15) is 19.8 Å². The second-order valence-corrected chi connectivity index (χ2v) is 10.7. The maximum absolute atomic E-state index is 13.7. The molecule has 0 bridgehead atoms. The standard InChI is InChI=1S/C26H31NO7/c1-24-8-7-18(28)25(2,13-32-4)17(24)11-19(29)26(3)22(24)21(30)20-16(34-26)10-15(33-23(20)31)14-6-5-9-27-12-14/h5-6,9-10,12,17-18,21-22,28,30H,7-8,11,13H2,1-4H3/t17?,18-,21-,22?,24-,25-,26+/m0/s1. The number of aliphatic hydroxyl groups is 2. The zero-order chi connectivity index (χ0) is 24.5. The van der Waals surface area contributed by atoms with E-state index in [4.69, 9.17) is 13.9 Å². The third kappa shape index (κ3) is 3.05. The van der Waals surface area contributed by atoms with Crippen LogP contribution in [0.25, 0.3) is 11.3 Å². The van der Waals surface area contributed by atoms with Gasteiger partial charge in [-0.2, -0.15) is 0 Å². The number of hydrogen-bond acceptors (Lipinski definition) is 8. The molecule has 8 nitrogen and oxygen atoms in total. The smallest absolute Gasteiger partial charge is 0.345 e. The van der Waals surface area contributed by atoms with Gasteiger partial charge in [-0.1, -0.05) is 13.8 Å². The number of Topliss-reactive ketones (excluding diaryl/α,β-unsaturated/α-hetero) is 1. The van der Waals surface area contributed by atoms with Crippen LogP contribution >= 0.6 is 0 Å². The molecule has 2 unspecified atom stereocenters. The monoisotopic (exact) mass is 469 g/mol. The Morgan fingerprint density at radius 2 is 2.00 bits per heavy atom. The van der Waals surface area contributed by atoms with Gasteiger partial charge < -0.3 is 24.1 Å². The van der Waals surface area contributed by atoms with Crippen molar-refractivity contribution in [1.82, 2.24) is 4.98 Å². The van der Waals surface area contributed by atoms with Crippen molar-refractivity contribution in [2.75, 3.05) is 13.7 Å². The van der Waals surface area contributed by atoms with Gasteiger partial charge in [0.05, 0.1) is 18.8 Å². The minimum atomic E-state index is -1.33. The van der Waals surface area contributed by atoms with Gasteiger partial charge in [-0.05, 0) is 43.2 Å². The lowest BCUT2D eigenvalue weighted by Gasteiger charge is -2.64. The van der Waals surface area contributed by atoms with E-state index in [1.165, 1.54) is 0 Å². The van der Waals surface area contributed by atoms with Gasteiger partial charge >= 0.3 is 5.63 Å². The number of methoxy groups -OCH3 is 1. The number of aromatic nitrogens is 1. The SMILES string of the molecule is COC[C@@]1(C)C2CC(=O)[C@@]3(C)Oc4cc(-c5cccnc5)oc(=O)c4[C@H](O)C3[C@@]2(C)CC[C@@H]1O. The van der Waals surface area contributed by atoms with Crippen molar-refractivity contribution in [3.8, 4) is 17.1 Å². The summed E-state index contributed by atoms with van der Waals surface area (Å²) in [6, 6.07) is 5.03. The minimum absolute atomic E-state index is 0.0318. The number of nitrogens with zero attached hydrogens (tertiary/aromatic N) is 1. The van der Waals surface area contributed by atoms with E-state index in [0.29, 0.717) is 18.4 Å². The zero-order valence-electron chi connectivity index (χ0n) is 19.9. The van der Waals surface area contributed by atoms with Crippen LogP contribution in [0.1, 0.15) is 51.7 Å². The van der Waals surface area contributed by atoms with Crippen molar-refractivity contribution < 1.29 is 28.9 Å². The average Bonchev–Trinajstić information content (AvgIpc) is 2.79. The molecule has 0 amide bonds. The number of pyridine rings is 1. The Balaban J connectivity index is 1.65. The third-order valence-corrected chi connectivity index (χ3v) is 8.84. The summed E-state index contributed by atoms with van der Waals surface area (Å²) in [6.45, 7) is 5.98. The maximum atomic E-state index is 13.7. The molecule has 8 heteroatoms. The first kappa shape index (κ1) is 23.2. The molecule has 2 fully saturated rings. The van der Waals surface area contributed by atoms with Gasteiger partial charge in [0.25, 0.3) is 0 Å². The van der Waals surface area contributed by atoms with Crippen LogP contribution in [0.2, 0.25) is 0 Å². The van der Waals surface area contributed by atoms with Gasteiger partial charge in [0.2, 0.25) is 0 Å². The summed E-state index contributed by atoms with van der Waals surface area (Å²) in [5.41, 5.74) is -2.65. The second-order valence-electron chi connectivity index (χ2n) is 10.7. The Hall–Kier alpha value is -2.55. The minimum Gasteiger partial charge on any atom is -0.479 e. The van der Waals surface area contributed by atoms with Gasteiger partial charge in [0.1, 0.15) is 17.1 Å². The summed E-state index contributed by atoms with van der Waals surface area (Å²) < 4.78 is 17.4. The van der Waals surface area contributed by atoms with Crippen LogP contribution in [0, 0.1) is 22.7 Å². The summed E-state index contributed by atoms with van der Waals surface area (Å²) in [5.74, 6) is -0.679. The quantitative estimate of drug-likeness (QED) is 0.704. The van der Waals surface area contributed by atoms with E-state index in [2.05, 4.69) is 4.98 Å². The third-order valence-electron chi connectivity index (χ3n) is 8.84. The van der Waals surface area contributed by atoms with E-state index in [1.54, 1.807) is 44.6 Å². The van der Waals surface area contributed by atoms with E-state index in [-0.39, 0.29) is 41.8 Å². The molecule has 2 aliphatic carbocycles. The number of ether oxygens (including phenoxy) is 2. The molecule has 2 aromatic heterocycles. The first-order valence-electron chi connectivity index (χ1n) is 11.7. The molecule has 34 heavy (non-hydrogen) atoms. The fourth-order valence-corrected chi connectivity index (χ4v) is 7.14. The van der Waals surface area contributed by atoms with Crippen molar-refractivity contribution in [3.05, 3.63) is 46.6 Å². The topological polar surface area (TPSA) is 119 Å². The van der Waals surface area contributed by atoms with Crippen LogP contribution < -0.4 is 10.4 Å². The number of carbonyl (C=O) groups is 1. The van der Waals surface area contributed by atoms with Gasteiger partial charge in [-0.15, -0.1) is 0 Å². The molecule has 7 atom stereocenters. The van der Waals surface area contributed by atoms with Crippen molar-refractivity contribution in [2.45, 2.75) is 57.8 Å². The highest BCUT2D eigenvalue weighted by atomic mass is 16.5. The average molecular weight is 470 g/mol. The number of hydrogen-bond donors (Lipinski definition) is 2. The molecule has 2 N–H and O–H groups in total. The van der Waals surface area contributed by atoms with Crippen LogP contribution in [0.15, 0.2) is 39.8 Å². The fraction of sp³-hybridized carbons (Fsp3) is 0.577. The molecule has 3 heterocycles. The normalized spacial score (nSPS) is 38.9. The highest BCUT2D eigenvalue weighted by molar-refractivity contribution is 5.90. The first-order valence-corrected chi connectivity index (χ1v) is 11.7. The lowest BCUT2D eigenvalue weighted by Crippen LogP contribution is -2.69. The maximum Gasteiger partial charge on any atom is 0.345 e. The van der Waals surface area contributed by atoms with E-state index in [1.807, 2.05) is 13.8 Å². The van der Waals surface area contributed by atoms with Gasteiger partial charge in [0, 0.05) is 48.9 Å². The number of aliphatic hydroxyl groups excluding tert-OH is 2. The summed E-state index contributed by atoms with van der Waals surface area (Å²) in [6.07, 6.45) is 2.56. The molecular formula is C26H31NO7. The van der Waals surface area contributed by atoms with E-state index in [0.717, 1.165) is 0 Å². The highest BCUT2D eigenvalue weighted by Gasteiger charge is 2.69. The zero-order valence-corrected chi connectivity index (χ0v) is 19.9. The summed E-state index contributed by atoms with van der Waals surface area (Å²) in [7, 11) is 1.58. The first-order chi connectivity index (χ1) is 16.1. The molecule has 182 valence electrons. The molecule has 5 rings (SSSR count). The van der Waals surface area contributed by atoms with Crippen molar-refractivity contribution in [1.29, 1.82) is 0 Å². The Bertz CT molecular complexity index is 1180. The molecule has 0 aromatic carbocycles. The molecule has 0 spiro atoms. The van der Waals surface area contributed by atoms with E-state index >= 15 is 0 Å². The molecule has 2 aromatic rings. The van der Waals surface area contributed by atoms with Gasteiger partial charge in [-0.3, -0.25) is 9.78 Å². The van der Waals surface area contributed by atoms with Gasteiger partial charge in [0.15, 0.2) is 11.4 Å². The number of fused-ring (bicyclic) bond motifs is 4. The van der Waals surface area contributed by atoms with E-state index < -0.39 is 40.2 Å². The van der Waals surface area contributed by atoms with Crippen LogP contribution in [-0.4, -0.2) is 46.4 Å². The molecule has 2 saturated carbocycles. The number of rotatable bonds is 3. The number of ketones is 1. The predicted octanol–water partition coefficient (Wildman–Crippen LogP) is 2.91. The van der Waals surface area contributed by atoms with Crippen molar-refractivity contribution in [3.63, 3.8) is 0 Å². The van der Waals surface area contributed by atoms with Crippen LogP contribution in [0.5, 0.6) is 5.75 Å². The summed E-state index contributed by atoms with van der Waals surface area (Å²) in [4.78, 5) is 30.8. The molecule has 1 aliphatic heterocycles. The van der Waals surface area contributed by atoms with Crippen molar-refractivity contribution >= 4 is 5.78 Å². The highest BCUT2D eigenvalue weighted by Crippen LogP contribution is 2.65. The molecular weight excluding hydrogens is 438 g/mol. The summed E-state index contributed by atoms with van der Waals surface area (Å²) >= 11 is 0. The van der Waals surface area contributed by atoms with Gasteiger partial charge in [-0.25, -0.2) is 4.79 Å². The fourth-order valence-electron chi connectivity index (χ4n) is 7.14. The predicted molar refractivity (Wildman–Crippen MR) is 122 cm³/mol. The number of carbonyl (C=O) groups excluding carboxylic acids is 1. The summed E-state index contributed by atoms with van der Waals surface area (Å²) in [5, 5.41) is 22.6. The lowest BCUT2D eigenvalue weighted by molar-refractivity contribution is -0.226.